The molecular weight excluding hydrogens is 390 g/mol. The van der Waals surface area contributed by atoms with Crippen LogP contribution in [-0.4, -0.2) is 54.3 Å². The van der Waals surface area contributed by atoms with Crippen molar-refractivity contribution < 1.29 is 9.47 Å². The highest BCUT2D eigenvalue weighted by Crippen LogP contribution is 2.46. The molecule has 1 atom stereocenters. The molecule has 2 aliphatic rings. The van der Waals surface area contributed by atoms with E-state index in [0.29, 0.717) is 25.2 Å². The maximum atomic E-state index is 6.42. The smallest absolute Gasteiger partial charge is 0.225 e. The lowest BCUT2D eigenvalue weighted by Gasteiger charge is -2.32. The standard InChI is InChI=1S/C21H27N3O2S.H2S/c1-4-11-25-12-14-5-10-17-18(14)19-20(22-13-23-21(19)27-17)26-16-8-6-15(7-9-16)24(2)3;/h1,13-16H,5-12H2,2-3H3;1H2/t14-,15?,16?;/m0./s1. The summed E-state index contributed by atoms with van der Waals surface area (Å²) in [5.74, 6) is 3.67. The Balaban J connectivity index is 0.00000225. The molecule has 0 aromatic carbocycles. The second-order valence-electron chi connectivity index (χ2n) is 7.76. The minimum absolute atomic E-state index is 0. The van der Waals surface area contributed by atoms with Gasteiger partial charge < -0.3 is 14.4 Å². The van der Waals surface area contributed by atoms with Crippen LogP contribution in [0.2, 0.25) is 0 Å². The van der Waals surface area contributed by atoms with E-state index < -0.39 is 0 Å². The normalized spacial score (nSPS) is 24.0. The van der Waals surface area contributed by atoms with Crippen LogP contribution in [0.4, 0.5) is 0 Å². The topological polar surface area (TPSA) is 47.5 Å². The zero-order valence-corrected chi connectivity index (χ0v) is 18.4. The zero-order valence-electron chi connectivity index (χ0n) is 16.6. The van der Waals surface area contributed by atoms with Gasteiger partial charge in [-0.15, -0.1) is 17.8 Å². The third kappa shape index (κ3) is 4.30. The van der Waals surface area contributed by atoms with Gasteiger partial charge in [-0.05, 0) is 58.2 Å². The number of aryl methyl sites for hydroxylation is 1. The Morgan fingerprint density at radius 3 is 2.71 bits per heavy atom. The molecule has 0 bridgehead atoms. The van der Waals surface area contributed by atoms with Crippen LogP contribution in [0, 0.1) is 12.3 Å². The molecule has 4 rings (SSSR count). The minimum atomic E-state index is 0. The van der Waals surface area contributed by atoms with Crippen molar-refractivity contribution in [3.63, 3.8) is 0 Å². The summed E-state index contributed by atoms with van der Waals surface area (Å²) in [6, 6.07) is 0.665. The Morgan fingerprint density at radius 2 is 2.00 bits per heavy atom. The number of ether oxygens (including phenoxy) is 2. The number of hydrogen-bond donors (Lipinski definition) is 0. The molecule has 1 saturated carbocycles. The van der Waals surface area contributed by atoms with Crippen LogP contribution in [0.3, 0.4) is 0 Å². The Kier molecular flexibility index (Phi) is 7.21. The van der Waals surface area contributed by atoms with E-state index in [4.69, 9.17) is 15.9 Å². The maximum Gasteiger partial charge on any atom is 0.225 e. The van der Waals surface area contributed by atoms with Crippen molar-refractivity contribution >= 4 is 35.0 Å². The van der Waals surface area contributed by atoms with E-state index in [1.807, 2.05) is 0 Å². The first-order chi connectivity index (χ1) is 13.2. The Morgan fingerprint density at radius 1 is 1.21 bits per heavy atom. The van der Waals surface area contributed by atoms with Crippen molar-refractivity contribution in [3.8, 4) is 18.2 Å². The van der Waals surface area contributed by atoms with Crippen LogP contribution in [0.25, 0.3) is 10.2 Å². The van der Waals surface area contributed by atoms with Gasteiger partial charge in [-0.25, -0.2) is 9.97 Å². The molecule has 1 fully saturated rings. The van der Waals surface area contributed by atoms with Crippen LogP contribution >= 0.6 is 24.8 Å². The summed E-state index contributed by atoms with van der Waals surface area (Å²) in [6.45, 7) is 1.02. The number of thiophene rings is 1. The second kappa shape index (κ2) is 9.45. The summed E-state index contributed by atoms with van der Waals surface area (Å²) in [4.78, 5) is 13.8. The van der Waals surface area contributed by atoms with Crippen molar-refractivity contribution in [2.75, 3.05) is 27.3 Å². The van der Waals surface area contributed by atoms with E-state index in [9.17, 15) is 0 Å². The summed E-state index contributed by atoms with van der Waals surface area (Å²) in [6.07, 6.45) is 13.9. The van der Waals surface area contributed by atoms with Gasteiger partial charge in [0, 0.05) is 16.8 Å². The number of terminal acetylenes is 1. The van der Waals surface area contributed by atoms with Gasteiger partial charge >= 0.3 is 0 Å². The first-order valence-corrected chi connectivity index (χ1v) is 10.6. The van der Waals surface area contributed by atoms with E-state index in [1.165, 1.54) is 23.3 Å². The van der Waals surface area contributed by atoms with Crippen LogP contribution in [-0.2, 0) is 11.2 Å². The molecule has 2 aromatic heterocycles. The Labute approximate surface area is 178 Å². The molecular formula is C21H29N3O2S2. The van der Waals surface area contributed by atoms with Gasteiger partial charge in [0.15, 0.2) is 0 Å². The number of aromatic nitrogens is 2. The van der Waals surface area contributed by atoms with E-state index in [2.05, 4.69) is 34.9 Å². The van der Waals surface area contributed by atoms with Gasteiger partial charge in [0.25, 0.3) is 0 Å². The number of fused-ring (bicyclic) bond motifs is 3. The molecule has 28 heavy (non-hydrogen) atoms. The predicted molar refractivity (Wildman–Crippen MR) is 119 cm³/mol. The van der Waals surface area contributed by atoms with Gasteiger partial charge in [-0.2, -0.15) is 13.5 Å². The number of nitrogens with zero attached hydrogens (tertiary/aromatic N) is 3. The van der Waals surface area contributed by atoms with Gasteiger partial charge in [0.05, 0.1) is 12.0 Å². The molecule has 152 valence electrons. The SMILES string of the molecule is C#CCOC[C@@H]1CCc2sc3ncnc(OC4CCC(N(C)C)CC4)c3c21.S. The van der Waals surface area contributed by atoms with Crippen molar-refractivity contribution in [2.45, 2.75) is 56.6 Å². The predicted octanol–water partition coefficient (Wildman–Crippen LogP) is 3.74. The lowest BCUT2D eigenvalue weighted by molar-refractivity contribution is 0.108. The van der Waals surface area contributed by atoms with Crippen LogP contribution in [0.1, 0.15) is 48.5 Å². The summed E-state index contributed by atoms with van der Waals surface area (Å²) < 4.78 is 12.1. The summed E-state index contributed by atoms with van der Waals surface area (Å²) >= 11 is 1.78. The highest BCUT2D eigenvalue weighted by molar-refractivity contribution is 7.59. The van der Waals surface area contributed by atoms with Gasteiger partial charge in [0.2, 0.25) is 5.88 Å². The third-order valence-corrected chi connectivity index (χ3v) is 7.03. The Bertz CT molecular complexity index is 838. The molecule has 0 aliphatic heterocycles. The largest absolute Gasteiger partial charge is 0.474 e. The quantitative estimate of drug-likeness (QED) is 0.527. The van der Waals surface area contributed by atoms with Crippen molar-refractivity contribution in [1.82, 2.24) is 14.9 Å². The monoisotopic (exact) mass is 419 g/mol. The van der Waals surface area contributed by atoms with Crippen molar-refractivity contribution in [1.29, 1.82) is 0 Å². The molecule has 5 nitrogen and oxygen atoms in total. The first-order valence-electron chi connectivity index (χ1n) is 9.78. The summed E-state index contributed by atoms with van der Waals surface area (Å²) in [5, 5.41) is 1.11. The van der Waals surface area contributed by atoms with Crippen molar-refractivity contribution in [2.24, 2.45) is 0 Å². The van der Waals surface area contributed by atoms with Crippen molar-refractivity contribution in [3.05, 3.63) is 16.8 Å². The molecule has 0 saturated heterocycles. The van der Waals surface area contributed by atoms with Crippen LogP contribution < -0.4 is 4.74 Å². The molecule has 0 amide bonds. The zero-order chi connectivity index (χ0) is 18.8. The fourth-order valence-electron chi connectivity index (χ4n) is 4.39. The average Bonchev–Trinajstić information content (AvgIpc) is 3.22. The highest BCUT2D eigenvalue weighted by Gasteiger charge is 2.31. The van der Waals surface area contributed by atoms with Gasteiger partial charge in [-0.1, -0.05) is 5.92 Å². The first kappa shape index (κ1) is 21.4. The number of hydrogen-bond acceptors (Lipinski definition) is 6. The molecule has 0 spiro atoms. The lowest BCUT2D eigenvalue weighted by atomic mass is 9.92. The molecule has 0 N–H and O–H groups in total. The van der Waals surface area contributed by atoms with Crippen LogP contribution in [0.5, 0.6) is 5.88 Å². The second-order valence-corrected chi connectivity index (χ2v) is 8.85. The van der Waals surface area contributed by atoms with Gasteiger partial charge in [0.1, 0.15) is 23.9 Å². The van der Waals surface area contributed by atoms with Gasteiger partial charge in [-0.3, -0.25) is 0 Å². The average molecular weight is 420 g/mol. The molecule has 7 heteroatoms. The van der Waals surface area contributed by atoms with E-state index in [0.717, 1.165) is 41.8 Å². The fraction of sp³-hybridized carbons (Fsp3) is 0.619. The molecule has 2 aliphatic carbocycles. The van der Waals surface area contributed by atoms with E-state index >= 15 is 0 Å². The minimum Gasteiger partial charge on any atom is -0.474 e. The lowest BCUT2D eigenvalue weighted by Crippen LogP contribution is -2.35. The number of rotatable bonds is 6. The Hall–Kier alpha value is -1.33. The summed E-state index contributed by atoms with van der Waals surface area (Å²) in [7, 11) is 4.33. The molecule has 2 aromatic rings. The highest BCUT2D eigenvalue weighted by atomic mass is 32.1. The van der Waals surface area contributed by atoms with E-state index in [-0.39, 0.29) is 19.6 Å². The molecule has 0 radical (unpaired) electrons. The molecule has 0 unspecified atom stereocenters. The van der Waals surface area contributed by atoms with Crippen LogP contribution in [0.15, 0.2) is 6.33 Å². The molecule has 2 heterocycles. The third-order valence-electron chi connectivity index (χ3n) is 5.85. The summed E-state index contributed by atoms with van der Waals surface area (Å²) in [5.41, 5.74) is 1.34. The maximum absolute atomic E-state index is 6.42. The fourth-order valence-corrected chi connectivity index (χ4v) is 5.63. The van der Waals surface area contributed by atoms with E-state index in [1.54, 1.807) is 17.7 Å².